The van der Waals surface area contributed by atoms with Gasteiger partial charge in [-0.3, -0.25) is 4.79 Å². The lowest BCUT2D eigenvalue weighted by atomic mass is 10.1. The summed E-state index contributed by atoms with van der Waals surface area (Å²) in [5, 5.41) is 8.56. The highest BCUT2D eigenvalue weighted by atomic mass is 16.4. The molecule has 2 heteroatoms. The van der Waals surface area contributed by atoms with Gasteiger partial charge in [0.05, 0.1) is 0 Å². The topological polar surface area (TPSA) is 37.3 Å². The Hall–Kier alpha value is -1.23. The first kappa shape index (κ1) is 25.8. The maximum atomic E-state index is 10.4. The molecule has 0 aromatic rings. The lowest BCUT2D eigenvalue weighted by molar-refractivity contribution is -0.137. The molecule has 1 N–H and O–H groups in total. The average molecular weight is 377 g/mol. The summed E-state index contributed by atoms with van der Waals surface area (Å²) in [5.74, 6) is 5.70. The zero-order valence-electron chi connectivity index (χ0n) is 17.9. The molecular weight excluding hydrogens is 332 g/mol. The summed E-state index contributed by atoms with van der Waals surface area (Å²) < 4.78 is 0. The monoisotopic (exact) mass is 376 g/mol. The third kappa shape index (κ3) is 24.8. The molecule has 0 fully saturated rings. The number of hydrogen-bond donors (Lipinski definition) is 1. The second-order valence-electron chi connectivity index (χ2n) is 7.71. The minimum atomic E-state index is -0.675. The Balaban J connectivity index is 3.21. The molecule has 156 valence electrons. The molecule has 27 heavy (non-hydrogen) atoms. The van der Waals surface area contributed by atoms with Crippen LogP contribution in [-0.4, -0.2) is 11.1 Å². The van der Waals surface area contributed by atoms with Crippen molar-refractivity contribution in [3.8, 4) is 11.8 Å². The van der Waals surface area contributed by atoms with E-state index in [1.165, 1.54) is 83.5 Å². The molecule has 0 bridgehead atoms. The summed E-state index contributed by atoms with van der Waals surface area (Å²) in [4.78, 5) is 10.4. The van der Waals surface area contributed by atoms with Gasteiger partial charge in [0.25, 0.3) is 0 Å². The van der Waals surface area contributed by atoms with Crippen molar-refractivity contribution in [3.63, 3.8) is 0 Å². The van der Waals surface area contributed by atoms with Gasteiger partial charge in [0.15, 0.2) is 0 Å². The van der Waals surface area contributed by atoms with E-state index >= 15 is 0 Å². The van der Waals surface area contributed by atoms with Crippen molar-refractivity contribution >= 4 is 5.97 Å². The van der Waals surface area contributed by atoms with Crippen LogP contribution in [0.4, 0.5) is 0 Å². The Kier molecular flexibility index (Phi) is 21.8. The molecule has 0 aliphatic carbocycles. The van der Waals surface area contributed by atoms with Crippen LogP contribution >= 0.6 is 0 Å². The van der Waals surface area contributed by atoms with Gasteiger partial charge >= 0.3 is 5.97 Å². The molecule has 0 aromatic carbocycles. The number of unbranched alkanes of at least 4 members (excludes halogenated alkanes) is 16. The maximum Gasteiger partial charge on any atom is 0.303 e. The first-order chi connectivity index (χ1) is 13.3. The second kappa shape index (κ2) is 22.8. The van der Waals surface area contributed by atoms with E-state index in [1.54, 1.807) is 0 Å². The zero-order chi connectivity index (χ0) is 19.8. The lowest BCUT2D eigenvalue weighted by Gasteiger charge is -2.01. The molecule has 0 aliphatic heterocycles. The molecule has 0 amide bonds. The number of carboxylic acids is 1. The molecule has 0 heterocycles. The van der Waals surface area contributed by atoms with Crippen molar-refractivity contribution in [1.82, 2.24) is 0 Å². The highest BCUT2D eigenvalue weighted by Crippen LogP contribution is 2.11. The summed E-state index contributed by atoms with van der Waals surface area (Å²) >= 11 is 0. The molecule has 0 atom stereocenters. The van der Waals surface area contributed by atoms with Gasteiger partial charge in [0.1, 0.15) is 0 Å². The SMILES string of the molecule is CCCCCCCCCCCCC=CC#CCCCCCCCCC(=O)O. The van der Waals surface area contributed by atoms with Gasteiger partial charge in [-0.25, -0.2) is 0 Å². The normalized spacial score (nSPS) is 10.9. The number of carbonyl (C=O) groups is 1. The van der Waals surface area contributed by atoms with Crippen molar-refractivity contribution in [1.29, 1.82) is 0 Å². The largest absolute Gasteiger partial charge is 0.481 e. The van der Waals surface area contributed by atoms with Gasteiger partial charge < -0.3 is 5.11 Å². The minimum Gasteiger partial charge on any atom is -0.481 e. The van der Waals surface area contributed by atoms with E-state index in [4.69, 9.17) is 5.11 Å². The minimum absolute atomic E-state index is 0.316. The standard InChI is InChI=1S/C25H44O2/c1-2-3-4-5-6-7-8-9-10-11-12-13-14-15-16-17-18-19-20-21-22-23-24-25(26)27/h13-14H,2-12,17-24H2,1H3,(H,26,27). The first-order valence-electron chi connectivity index (χ1n) is 11.6. The Morgan fingerprint density at radius 1 is 0.741 bits per heavy atom. The fourth-order valence-corrected chi connectivity index (χ4v) is 3.22. The van der Waals surface area contributed by atoms with Crippen LogP contribution in [-0.2, 0) is 4.79 Å². The van der Waals surface area contributed by atoms with Crippen molar-refractivity contribution in [2.24, 2.45) is 0 Å². The number of hydrogen-bond acceptors (Lipinski definition) is 1. The molecular formula is C25H44O2. The van der Waals surface area contributed by atoms with E-state index in [-0.39, 0.29) is 0 Å². The van der Waals surface area contributed by atoms with Gasteiger partial charge in [-0.2, -0.15) is 0 Å². The van der Waals surface area contributed by atoms with Crippen molar-refractivity contribution in [3.05, 3.63) is 12.2 Å². The summed E-state index contributed by atoms with van der Waals surface area (Å²) in [5.41, 5.74) is 0. The summed E-state index contributed by atoms with van der Waals surface area (Å²) in [6, 6.07) is 0. The molecule has 0 saturated heterocycles. The molecule has 0 aliphatic rings. The maximum absolute atomic E-state index is 10.4. The van der Waals surface area contributed by atoms with Crippen molar-refractivity contribution in [2.75, 3.05) is 0 Å². The third-order valence-electron chi connectivity index (χ3n) is 4.97. The fraction of sp³-hybridized carbons (Fsp3) is 0.800. The van der Waals surface area contributed by atoms with Gasteiger partial charge in [0.2, 0.25) is 0 Å². The molecule has 0 unspecified atom stereocenters. The number of aliphatic carboxylic acids is 1. The van der Waals surface area contributed by atoms with Crippen molar-refractivity contribution in [2.45, 2.75) is 129 Å². The molecule has 0 spiro atoms. The lowest BCUT2D eigenvalue weighted by Crippen LogP contribution is -1.93. The smallest absolute Gasteiger partial charge is 0.303 e. The van der Waals surface area contributed by atoms with E-state index in [0.717, 1.165) is 32.1 Å². The van der Waals surface area contributed by atoms with E-state index in [9.17, 15) is 4.79 Å². The molecule has 2 nitrogen and oxygen atoms in total. The number of carboxylic acid groups (broad SMARTS) is 1. The van der Waals surface area contributed by atoms with E-state index in [2.05, 4.69) is 24.8 Å². The van der Waals surface area contributed by atoms with E-state index in [1.807, 2.05) is 6.08 Å². The fourth-order valence-electron chi connectivity index (χ4n) is 3.22. The molecule has 0 aromatic heterocycles. The van der Waals surface area contributed by atoms with Crippen LogP contribution in [0.3, 0.4) is 0 Å². The van der Waals surface area contributed by atoms with Crippen LogP contribution < -0.4 is 0 Å². The van der Waals surface area contributed by atoms with Gasteiger partial charge in [0, 0.05) is 12.8 Å². The van der Waals surface area contributed by atoms with Crippen LogP contribution in [0.25, 0.3) is 0 Å². The number of rotatable bonds is 19. The molecule has 0 rings (SSSR count). The third-order valence-corrected chi connectivity index (χ3v) is 4.97. The van der Waals surface area contributed by atoms with Gasteiger partial charge in [-0.1, -0.05) is 108 Å². The van der Waals surface area contributed by atoms with Crippen LogP contribution in [0.1, 0.15) is 129 Å². The summed E-state index contributed by atoms with van der Waals surface area (Å²) in [6.45, 7) is 2.28. The van der Waals surface area contributed by atoms with Crippen molar-refractivity contribution < 1.29 is 9.90 Å². The molecule has 0 saturated carbocycles. The van der Waals surface area contributed by atoms with Crippen LogP contribution in [0.5, 0.6) is 0 Å². The van der Waals surface area contributed by atoms with Gasteiger partial charge in [-0.05, 0) is 31.8 Å². The predicted octanol–water partition coefficient (Wildman–Crippen LogP) is 8.06. The second-order valence-corrected chi connectivity index (χ2v) is 7.71. The Bertz CT molecular complexity index is 400. The summed E-state index contributed by atoms with van der Waals surface area (Å²) in [7, 11) is 0. The van der Waals surface area contributed by atoms with Gasteiger partial charge in [-0.15, -0.1) is 0 Å². The van der Waals surface area contributed by atoms with E-state index < -0.39 is 5.97 Å². The van der Waals surface area contributed by atoms with E-state index in [0.29, 0.717) is 6.42 Å². The predicted molar refractivity (Wildman–Crippen MR) is 118 cm³/mol. The van der Waals surface area contributed by atoms with Crippen LogP contribution in [0.2, 0.25) is 0 Å². The van der Waals surface area contributed by atoms with Crippen LogP contribution in [0, 0.1) is 11.8 Å². The summed E-state index contributed by atoms with van der Waals surface area (Å²) in [6.07, 6.45) is 27.2. The Labute approximate surface area is 169 Å². The molecule has 0 radical (unpaired) electrons. The zero-order valence-corrected chi connectivity index (χ0v) is 17.9. The Morgan fingerprint density at radius 3 is 1.85 bits per heavy atom. The first-order valence-corrected chi connectivity index (χ1v) is 11.6. The quantitative estimate of drug-likeness (QED) is 0.183. The highest BCUT2D eigenvalue weighted by molar-refractivity contribution is 5.66. The highest BCUT2D eigenvalue weighted by Gasteiger charge is 1.96. The average Bonchev–Trinajstić information content (AvgIpc) is 2.65. The Morgan fingerprint density at radius 2 is 1.26 bits per heavy atom. The van der Waals surface area contributed by atoms with Crippen LogP contribution in [0.15, 0.2) is 12.2 Å². The number of allylic oxidation sites excluding steroid dienone is 2.